The predicted octanol–water partition coefficient (Wildman–Crippen LogP) is 3.89. The summed E-state index contributed by atoms with van der Waals surface area (Å²) in [5.41, 5.74) is 0.966. The van der Waals surface area contributed by atoms with Crippen molar-refractivity contribution in [2.24, 2.45) is 5.92 Å². The van der Waals surface area contributed by atoms with Gasteiger partial charge in [0.15, 0.2) is 0 Å². The molecule has 102 valence electrons. The molecule has 0 unspecified atom stereocenters. The van der Waals surface area contributed by atoms with Crippen LogP contribution in [0.3, 0.4) is 0 Å². The highest BCUT2D eigenvalue weighted by molar-refractivity contribution is 5.69. The second kappa shape index (κ2) is 6.93. The summed E-state index contributed by atoms with van der Waals surface area (Å²) in [6.45, 7) is 7.92. The molecule has 19 heavy (non-hydrogen) atoms. The van der Waals surface area contributed by atoms with Crippen molar-refractivity contribution in [2.75, 3.05) is 7.11 Å². The molecule has 0 N–H and O–H groups in total. The van der Waals surface area contributed by atoms with Gasteiger partial charge < -0.3 is 4.74 Å². The minimum atomic E-state index is -0.219. The zero-order valence-electron chi connectivity index (χ0n) is 11.9. The molecule has 2 heteroatoms. The van der Waals surface area contributed by atoms with Crippen LogP contribution in [-0.4, -0.2) is 13.1 Å². The summed E-state index contributed by atoms with van der Waals surface area (Å²) in [5, 5.41) is 0. The van der Waals surface area contributed by atoms with Gasteiger partial charge in [0, 0.05) is 11.8 Å². The normalized spacial score (nSPS) is 15.7. The van der Waals surface area contributed by atoms with Crippen LogP contribution in [0, 0.1) is 5.92 Å². The van der Waals surface area contributed by atoms with Gasteiger partial charge in [-0.15, -0.1) is 0 Å². The Morgan fingerprint density at radius 3 is 2.58 bits per heavy atom. The molecule has 0 amide bonds. The van der Waals surface area contributed by atoms with Gasteiger partial charge in [0.05, 0.1) is 7.11 Å². The smallest absolute Gasteiger partial charge is 0.305 e. The minimum absolute atomic E-state index is 0.138. The maximum absolute atomic E-state index is 11.5. The summed E-state index contributed by atoms with van der Waals surface area (Å²) in [7, 11) is 1.43. The zero-order valence-corrected chi connectivity index (χ0v) is 11.9. The molecule has 0 bridgehead atoms. The molecule has 0 radical (unpaired) electrons. The number of allylic oxidation sites excluding steroid dienone is 3. The second-order valence-corrected chi connectivity index (χ2v) is 4.92. The van der Waals surface area contributed by atoms with E-state index in [1.807, 2.05) is 24.3 Å². The molecular formula is C17H22O2. The summed E-state index contributed by atoms with van der Waals surface area (Å²) < 4.78 is 4.77. The minimum Gasteiger partial charge on any atom is -0.469 e. The number of methoxy groups -OCH3 is 1. The fourth-order valence-electron chi connectivity index (χ4n) is 2.16. The molecule has 2 nitrogen and oxygen atoms in total. The molecule has 0 heterocycles. The molecule has 0 aliphatic heterocycles. The van der Waals surface area contributed by atoms with Crippen molar-refractivity contribution in [3.63, 3.8) is 0 Å². The first-order valence-corrected chi connectivity index (χ1v) is 6.47. The Balaban J connectivity index is 3.09. The van der Waals surface area contributed by atoms with Crippen molar-refractivity contribution >= 4 is 5.97 Å². The summed E-state index contributed by atoms with van der Waals surface area (Å²) in [6, 6.07) is 10.2. The lowest BCUT2D eigenvalue weighted by molar-refractivity contribution is -0.142. The number of carbonyl (C=O) groups excluding carboxylic acids is 1. The van der Waals surface area contributed by atoms with Gasteiger partial charge in [-0.2, -0.15) is 0 Å². The van der Waals surface area contributed by atoms with Crippen LogP contribution in [0.25, 0.3) is 0 Å². The van der Waals surface area contributed by atoms with Crippen molar-refractivity contribution in [3.8, 4) is 0 Å². The van der Waals surface area contributed by atoms with Crippen molar-refractivity contribution in [1.29, 1.82) is 0 Å². The summed E-state index contributed by atoms with van der Waals surface area (Å²) in [5.74, 6) is -0.0415. The van der Waals surface area contributed by atoms with E-state index in [9.17, 15) is 4.79 Å². The quantitative estimate of drug-likeness (QED) is 0.571. The summed E-state index contributed by atoms with van der Waals surface area (Å²) >= 11 is 0. The average Bonchev–Trinajstić information content (AvgIpc) is 2.45. The van der Waals surface area contributed by atoms with Crippen LogP contribution in [-0.2, 0) is 14.9 Å². The highest BCUT2D eigenvalue weighted by atomic mass is 16.5. The molecule has 0 aliphatic rings. The Hall–Kier alpha value is -1.83. The third-order valence-corrected chi connectivity index (χ3v) is 3.70. The number of hydrogen-bond acceptors (Lipinski definition) is 2. The van der Waals surface area contributed by atoms with E-state index in [1.165, 1.54) is 12.7 Å². The fraction of sp³-hybridized carbons (Fsp3) is 0.353. The van der Waals surface area contributed by atoms with Gasteiger partial charge in [0.1, 0.15) is 0 Å². The molecule has 1 aromatic carbocycles. The van der Waals surface area contributed by atoms with Gasteiger partial charge in [0.25, 0.3) is 0 Å². The molecule has 1 rings (SSSR count). The van der Waals surface area contributed by atoms with Gasteiger partial charge in [-0.3, -0.25) is 4.79 Å². The van der Waals surface area contributed by atoms with Crippen molar-refractivity contribution in [1.82, 2.24) is 0 Å². The third kappa shape index (κ3) is 3.82. The Bertz CT molecular complexity index is 448. The number of rotatable bonds is 6. The predicted molar refractivity (Wildman–Crippen MR) is 78.9 cm³/mol. The van der Waals surface area contributed by atoms with Crippen LogP contribution < -0.4 is 0 Å². The van der Waals surface area contributed by atoms with Gasteiger partial charge >= 0.3 is 5.97 Å². The number of carbonyl (C=O) groups is 1. The topological polar surface area (TPSA) is 26.3 Å². The lowest BCUT2D eigenvalue weighted by atomic mass is 9.71. The highest BCUT2D eigenvalue weighted by Crippen LogP contribution is 2.35. The van der Waals surface area contributed by atoms with Crippen LogP contribution in [0.4, 0.5) is 0 Å². The monoisotopic (exact) mass is 258 g/mol. The van der Waals surface area contributed by atoms with Gasteiger partial charge in [-0.05, 0) is 11.5 Å². The SMILES string of the molecule is C=C/C=C/[C@@](C)(c1ccccc1)[C@@H](C)CC(=O)OC. The molecule has 0 saturated carbocycles. The van der Waals surface area contributed by atoms with E-state index >= 15 is 0 Å². The number of ether oxygens (including phenoxy) is 1. The molecule has 0 aromatic heterocycles. The Morgan fingerprint density at radius 1 is 1.42 bits per heavy atom. The van der Waals surface area contributed by atoms with Gasteiger partial charge in [0.2, 0.25) is 0 Å². The summed E-state index contributed by atoms with van der Waals surface area (Å²) in [6.07, 6.45) is 6.18. The Morgan fingerprint density at radius 2 is 2.05 bits per heavy atom. The van der Waals surface area contributed by atoms with E-state index in [0.717, 1.165) is 0 Å². The molecule has 0 spiro atoms. The van der Waals surface area contributed by atoms with E-state index in [2.05, 4.69) is 38.6 Å². The van der Waals surface area contributed by atoms with E-state index in [0.29, 0.717) is 6.42 Å². The van der Waals surface area contributed by atoms with Crippen molar-refractivity contribution < 1.29 is 9.53 Å². The van der Waals surface area contributed by atoms with Crippen molar-refractivity contribution in [2.45, 2.75) is 25.7 Å². The largest absolute Gasteiger partial charge is 0.469 e. The molecule has 0 fully saturated rings. The molecule has 0 saturated heterocycles. The Labute approximate surface area is 115 Å². The van der Waals surface area contributed by atoms with Crippen LogP contribution in [0.5, 0.6) is 0 Å². The second-order valence-electron chi connectivity index (χ2n) is 4.92. The van der Waals surface area contributed by atoms with Crippen LogP contribution in [0.1, 0.15) is 25.8 Å². The third-order valence-electron chi connectivity index (χ3n) is 3.70. The van der Waals surface area contributed by atoms with E-state index in [4.69, 9.17) is 4.74 Å². The fourth-order valence-corrected chi connectivity index (χ4v) is 2.16. The number of esters is 1. The maximum atomic E-state index is 11.5. The van der Waals surface area contributed by atoms with E-state index in [-0.39, 0.29) is 17.3 Å². The van der Waals surface area contributed by atoms with Crippen LogP contribution in [0.15, 0.2) is 55.1 Å². The average molecular weight is 258 g/mol. The maximum Gasteiger partial charge on any atom is 0.305 e. The van der Waals surface area contributed by atoms with Gasteiger partial charge in [-0.25, -0.2) is 0 Å². The van der Waals surface area contributed by atoms with E-state index in [1.54, 1.807) is 6.08 Å². The lowest BCUT2D eigenvalue weighted by Gasteiger charge is -2.33. The first-order valence-electron chi connectivity index (χ1n) is 6.47. The standard InChI is InChI=1S/C17H22O2/c1-5-6-12-17(3,14(2)13-16(18)19-4)15-10-8-7-9-11-15/h5-12,14H,1,13H2,2-4H3/b12-6+/t14-,17+/m0/s1. The first kappa shape index (κ1) is 15.2. The first-order chi connectivity index (χ1) is 9.04. The Kier molecular flexibility index (Phi) is 5.56. The zero-order chi connectivity index (χ0) is 14.3. The summed E-state index contributed by atoms with van der Waals surface area (Å²) in [4.78, 5) is 11.5. The molecule has 0 aliphatic carbocycles. The van der Waals surface area contributed by atoms with Crippen LogP contribution in [0.2, 0.25) is 0 Å². The number of benzene rings is 1. The molecular weight excluding hydrogens is 236 g/mol. The highest BCUT2D eigenvalue weighted by Gasteiger charge is 2.31. The number of hydrogen-bond donors (Lipinski definition) is 0. The molecule has 2 atom stereocenters. The van der Waals surface area contributed by atoms with E-state index < -0.39 is 0 Å². The van der Waals surface area contributed by atoms with Crippen LogP contribution >= 0.6 is 0 Å². The van der Waals surface area contributed by atoms with Crippen molar-refractivity contribution in [3.05, 3.63) is 60.7 Å². The molecule has 1 aromatic rings. The van der Waals surface area contributed by atoms with Gasteiger partial charge in [-0.1, -0.05) is 69.0 Å². The lowest BCUT2D eigenvalue weighted by Crippen LogP contribution is -2.30.